The Labute approximate surface area is 147 Å². The SMILES string of the molecule is O=C(NC1CCc2ccccc21)c1cc(=O)[nH]c2ccc(Br)cc12. The monoisotopic (exact) mass is 382 g/mol. The molecular formula is C19H15BrN2O2. The van der Waals surface area contributed by atoms with Crippen molar-refractivity contribution in [2.24, 2.45) is 0 Å². The summed E-state index contributed by atoms with van der Waals surface area (Å²) < 4.78 is 0.863. The summed E-state index contributed by atoms with van der Waals surface area (Å²) in [5.74, 6) is -0.217. The molecular weight excluding hydrogens is 368 g/mol. The summed E-state index contributed by atoms with van der Waals surface area (Å²) in [6.45, 7) is 0. The van der Waals surface area contributed by atoms with Gasteiger partial charge in [-0.3, -0.25) is 9.59 Å². The van der Waals surface area contributed by atoms with Gasteiger partial charge in [0.05, 0.1) is 11.6 Å². The molecule has 1 atom stereocenters. The highest BCUT2D eigenvalue weighted by molar-refractivity contribution is 9.10. The number of hydrogen-bond donors (Lipinski definition) is 2. The maximum atomic E-state index is 12.8. The van der Waals surface area contributed by atoms with Crippen LogP contribution in [0.15, 0.2) is 57.8 Å². The number of carbonyl (C=O) groups excluding carboxylic acids is 1. The fourth-order valence-electron chi connectivity index (χ4n) is 3.36. The van der Waals surface area contributed by atoms with E-state index in [9.17, 15) is 9.59 Å². The van der Waals surface area contributed by atoms with E-state index in [-0.39, 0.29) is 17.5 Å². The van der Waals surface area contributed by atoms with E-state index in [1.165, 1.54) is 17.2 Å². The molecule has 0 saturated heterocycles. The van der Waals surface area contributed by atoms with Gasteiger partial charge in [0.15, 0.2) is 0 Å². The lowest BCUT2D eigenvalue weighted by molar-refractivity contribution is 0.0938. The molecule has 24 heavy (non-hydrogen) atoms. The first-order chi connectivity index (χ1) is 11.6. The number of carbonyl (C=O) groups is 1. The van der Waals surface area contributed by atoms with Gasteiger partial charge in [0.1, 0.15) is 0 Å². The molecule has 0 saturated carbocycles. The maximum Gasteiger partial charge on any atom is 0.252 e. The van der Waals surface area contributed by atoms with E-state index >= 15 is 0 Å². The average molecular weight is 383 g/mol. The minimum Gasteiger partial charge on any atom is -0.345 e. The van der Waals surface area contributed by atoms with Crippen LogP contribution in [-0.4, -0.2) is 10.9 Å². The summed E-state index contributed by atoms with van der Waals surface area (Å²) in [6.07, 6.45) is 1.85. The Morgan fingerprint density at radius 2 is 2.00 bits per heavy atom. The first kappa shape index (κ1) is 15.1. The van der Waals surface area contributed by atoms with Crippen LogP contribution < -0.4 is 10.9 Å². The van der Waals surface area contributed by atoms with Crippen LogP contribution in [0, 0.1) is 0 Å². The number of rotatable bonds is 2. The van der Waals surface area contributed by atoms with Gasteiger partial charge in [-0.25, -0.2) is 0 Å². The predicted molar refractivity (Wildman–Crippen MR) is 97.2 cm³/mol. The molecule has 1 unspecified atom stereocenters. The van der Waals surface area contributed by atoms with Crippen LogP contribution in [0.1, 0.15) is 33.9 Å². The molecule has 1 aromatic heterocycles. The van der Waals surface area contributed by atoms with Crippen LogP contribution in [-0.2, 0) is 6.42 Å². The first-order valence-corrected chi connectivity index (χ1v) is 8.62. The van der Waals surface area contributed by atoms with E-state index < -0.39 is 0 Å². The van der Waals surface area contributed by atoms with Gasteiger partial charge < -0.3 is 10.3 Å². The highest BCUT2D eigenvalue weighted by Crippen LogP contribution is 2.31. The van der Waals surface area contributed by atoms with E-state index in [4.69, 9.17) is 0 Å². The third-order valence-corrected chi connectivity index (χ3v) is 4.98. The topological polar surface area (TPSA) is 62.0 Å². The fraction of sp³-hybridized carbons (Fsp3) is 0.158. The number of benzene rings is 2. The molecule has 4 nitrogen and oxygen atoms in total. The van der Waals surface area contributed by atoms with Crippen LogP contribution in [0.4, 0.5) is 0 Å². The molecule has 4 rings (SSSR count). The summed E-state index contributed by atoms with van der Waals surface area (Å²) in [5.41, 5.74) is 3.23. The molecule has 1 aliphatic carbocycles. The smallest absolute Gasteiger partial charge is 0.252 e. The fourth-order valence-corrected chi connectivity index (χ4v) is 3.72. The zero-order valence-electron chi connectivity index (χ0n) is 12.8. The predicted octanol–water partition coefficient (Wildman–Crippen LogP) is 3.71. The van der Waals surface area contributed by atoms with Crippen molar-refractivity contribution in [3.8, 4) is 0 Å². The van der Waals surface area contributed by atoms with Gasteiger partial charge >= 0.3 is 0 Å². The molecule has 0 fully saturated rings. The number of amides is 1. The number of hydrogen-bond acceptors (Lipinski definition) is 2. The van der Waals surface area contributed by atoms with Crippen LogP contribution >= 0.6 is 15.9 Å². The number of pyridine rings is 1. The molecule has 5 heteroatoms. The third-order valence-electron chi connectivity index (χ3n) is 4.49. The van der Waals surface area contributed by atoms with Gasteiger partial charge in [0.25, 0.3) is 5.91 Å². The van der Waals surface area contributed by atoms with Gasteiger partial charge in [-0.05, 0) is 42.2 Å². The largest absolute Gasteiger partial charge is 0.345 e. The number of fused-ring (bicyclic) bond motifs is 2. The summed E-state index contributed by atoms with van der Waals surface area (Å²) in [7, 11) is 0. The van der Waals surface area contributed by atoms with Crippen molar-refractivity contribution in [1.82, 2.24) is 10.3 Å². The van der Waals surface area contributed by atoms with Gasteiger partial charge in [-0.15, -0.1) is 0 Å². The molecule has 0 aliphatic heterocycles. The minimum atomic E-state index is -0.276. The Morgan fingerprint density at radius 3 is 2.88 bits per heavy atom. The molecule has 120 valence electrons. The number of aryl methyl sites for hydroxylation is 1. The van der Waals surface area contributed by atoms with Crippen LogP contribution in [0.25, 0.3) is 10.9 Å². The van der Waals surface area contributed by atoms with Crippen molar-refractivity contribution in [2.75, 3.05) is 0 Å². The second-order valence-corrected chi connectivity index (χ2v) is 6.92. The average Bonchev–Trinajstić information content (AvgIpc) is 2.98. The third kappa shape index (κ3) is 2.65. The second kappa shape index (κ2) is 5.91. The molecule has 0 radical (unpaired) electrons. The summed E-state index contributed by atoms with van der Waals surface area (Å²) in [5, 5.41) is 3.81. The highest BCUT2D eigenvalue weighted by Gasteiger charge is 2.24. The van der Waals surface area contributed by atoms with Crippen molar-refractivity contribution < 1.29 is 4.79 Å². The van der Waals surface area contributed by atoms with Crippen LogP contribution in [0.3, 0.4) is 0 Å². The second-order valence-electron chi connectivity index (χ2n) is 6.00. The maximum absolute atomic E-state index is 12.8. The number of H-pyrrole nitrogens is 1. The minimum absolute atomic E-state index is 0.00445. The van der Waals surface area contributed by atoms with E-state index in [1.807, 2.05) is 24.3 Å². The zero-order chi connectivity index (χ0) is 16.7. The molecule has 0 spiro atoms. The molecule has 1 amide bonds. The quantitative estimate of drug-likeness (QED) is 0.709. The number of aromatic amines is 1. The van der Waals surface area contributed by atoms with E-state index in [0.29, 0.717) is 11.1 Å². The molecule has 1 heterocycles. The lowest BCUT2D eigenvalue weighted by atomic mass is 10.1. The van der Waals surface area contributed by atoms with E-state index in [0.717, 1.165) is 22.7 Å². The zero-order valence-corrected chi connectivity index (χ0v) is 14.4. The number of aromatic nitrogens is 1. The highest BCUT2D eigenvalue weighted by atomic mass is 79.9. The Kier molecular flexibility index (Phi) is 3.73. The van der Waals surface area contributed by atoms with Gasteiger partial charge in [0, 0.05) is 21.4 Å². The normalized spacial score (nSPS) is 16.1. The van der Waals surface area contributed by atoms with Crippen molar-refractivity contribution in [2.45, 2.75) is 18.9 Å². The van der Waals surface area contributed by atoms with Crippen molar-refractivity contribution in [1.29, 1.82) is 0 Å². The van der Waals surface area contributed by atoms with E-state index in [2.05, 4.69) is 38.4 Å². The van der Waals surface area contributed by atoms with Crippen molar-refractivity contribution >= 4 is 32.7 Å². The van der Waals surface area contributed by atoms with Crippen LogP contribution in [0.5, 0.6) is 0 Å². The lowest BCUT2D eigenvalue weighted by Crippen LogP contribution is -2.28. The standard InChI is InChI=1S/C19H15BrN2O2/c20-12-6-8-17-14(9-12)15(10-18(23)21-17)19(24)22-16-7-5-11-3-1-2-4-13(11)16/h1-4,6,8-10,16H,5,7H2,(H,21,23)(H,22,24). The summed E-state index contributed by atoms with van der Waals surface area (Å²) in [6, 6.07) is 15.0. The lowest BCUT2D eigenvalue weighted by Gasteiger charge is -2.15. The van der Waals surface area contributed by atoms with E-state index in [1.54, 1.807) is 6.07 Å². The van der Waals surface area contributed by atoms with Crippen LogP contribution in [0.2, 0.25) is 0 Å². The summed E-state index contributed by atoms with van der Waals surface area (Å²) in [4.78, 5) is 27.5. The Bertz CT molecular complexity index is 1010. The Morgan fingerprint density at radius 1 is 1.17 bits per heavy atom. The number of nitrogens with one attached hydrogen (secondary N) is 2. The van der Waals surface area contributed by atoms with Crippen molar-refractivity contribution in [3.63, 3.8) is 0 Å². The van der Waals surface area contributed by atoms with Gasteiger partial charge in [-0.2, -0.15) is 0 Å². The molecule has 1 aliphatic rings. The first-order valence-electron chi connectivity index (χ1n) is 7.83. The number of halogens is 1. The molecule has 3 aromatic rings. The van der Waals surface area contributed by atoms with Crippen molar-refractivity contribution in [3.05, 3.63) is 80.0 Å². The molecule has 0 bridgehead atoms. The Hall–Kier alpha value is -2.40. The molecule has 2 N–H and O–H groups in total. The van der Waals surface area contributed by atoms with Gasteiger partial charge in [-0.1, -0.05) is 40.2 Å². The summed E-state index contributed by atoms with van der Waals surface area (Å²) >= 11 is 3.42. The Balaban J connectivity index is 1.72. The molecule has 2 aromatic carbocycles. The van der Waals surface area contributed by atoms with Gasteiger partial charge in [0.2, 0.25) is 5.56 Å².